The van der Waals surface area contributed by atoms with Crippen LogP contribution in [-0.2, 0) is 19.1 Å². The van der Waals surface area contributed by atoms with Crippen LogP contribution in [0.4, 0.5) is 0 Å². The van der Waals surface area contributed by atoms with E-state index in [0.29, 0.717) is 26.2 Å². The molecule has 1 fully saturated rings. The lowest BCUT2D eigenvalue weighted by atomic mass is 10.1. The minimum absolute atomic E-state index is 0. The van der Waals surface area contributed by atoms with Gasteiger partial charge in [0.15, 0.2) is 0 Å². The van der Waals surface area contributed by atoms with Gasteiger partial charge in [-0.25, -0.2) is 0 Å². The van der Waals surface area contributed by atoms with Crippen molar-refractivity contribution in [2.45, 2.75) is 44.6 Å². The molecule has 0 aromatic rings. The Morgan fingerprint density at radius 1 is 1.24 bits per heavy atom. The van der Waals surface area contributed by atoms with Crippen LogP contribution in [0.1, 0.15) is 38.5 Å². The lowest BCUT2D eigenvalue weighted by Crippen LogP contribution is -2.51. The first-order chi connectivity index (χ1) is 9.74. The summed E-state index contributed by atoms with van der Waals surface area (Å²) in [7, 11) is 1.41. The molecule has 1 rings (SSSR count). The van der Waals surface area contributed by atoms with E-state index in [4.69, 9.17) is 4.74 Å². The van der Waals surface area contributed by atoms with Crippen LogP contribution in [0.5, 0.6) is 0 Å². The van der Waals surface area contributed by atoms with Gasteiger partial charge in [-0.3, -0.25) is 9.59 Å². The van der Waals surface area contributed by atoms with Crippen molar-refractivity contribution >= 4 is 24.3 Å². The van der Waals surface area contributed by atoms with Gasteiger partial charge in [0, 0.05) is 19.5 Å². The lowest BCUT2D eigenvalue weighted by molar-refractivity contribution is -0.140. The van der Waals surface area contributed by atoms with Crippen LogP contribution < -0.4 is 10.6 Å². The van der Waals surface area contributed by atoms with Gasteiger partial charge in [-0.05, 0) is 12.8 Å². The number of unbranched alkanes of at least 4 members (excludes halogenated alkanes) is 4. The number of ether oxygens (including phenoxy) is 2. The molecular weight excluding hydrogens is 296 g/mol. The molecule has 1 amide bonds. The zero-order valence-electron chi connectivity index (χ0n) is 12.7. The summed E-state index contributed by atoms with van der Waals surface area (Å²) < 4.78 is 9.82. The first kappa shape index (κ1) is 20.1. The second kappa shape index (κ2) is 12.9. The van der Waals surface area contributed by atoms with Crippen LogP contribution in [0.15, 0.2) is 0 Å². The molecule has 0 spiro atoms. The quantitative estimate of drug-likeness (QED) is 0.490. The maximum atomic E-state index is 11.7. The number of hydrogen-bond acceptors (Lipinski definition) is 5. The van der Waals surface area contributed by atoms with Crippen molar-refractivity contribution in [1.82, 2.24) is 10.6 Å². The molecule has 0 aromatic carbocycles. The van der Waals surface area contributed by atoms with Gasteiger partial charge in [0.2, 0.25) is 5.91 Å². The summed E-state index contributed by atoms with van der Waals surface area (Å²) in [6.07, 6.45) is 5.52. The van der Waals surface area contributed by atoms with E-state index >= 15 is 0 Å². The van der Waals surface area contributed by atoms with E-state index in [1.54, 1.807) is 0 Å². The standard InChI is InChI=1S/C14H26N2O4.ClH/c1-19-13(17)7-5-3-2-4-6-8-16-14(18)12-11-20-10-9-15-12;/h12,15H,2-11H2,1H3,(H,16,18);1H. The minimum atomic E-state index is -0.205. The summed E-state index contributed by atoms with van der Waals surface area (Å²) in [6.45, 7) is 2.57. The van der Waals surface area contributed by atoms with Crippen LogP contribution in [0, 0.1) is 0 Å². The fourth-order valence-corrected chi connectivity index (χ4v) is 2.10. The summed E-state index contributed by atoms with van der Waals surface area (Å²) in [5.41, 5.74) is 0. The molecule has 1 saturated heterocycles. The molecular formula is C14H27ClN2O4. The largest absolute Gasteiger partial charge is 0.469 e. The number of carbonyl (C=O) groups excluding carboxylic acids is 2. The number of morpholine rings is 1. The first-order valence-corrected chi connectivity index (χ1v) is 7.39. The summed E-state index contributed by atoms with van der Waals surface area (Å²) in [5, 5.41) is 6.04. The molecule has 1 aliphatic rings. The number of rotatable bonds is 9. The van der Waals surface area contributed by atoms with E-state index in [1.165, 1.54) is 7.11 Å². The van der Waals surface area contributed by atoms with Gasteiger partial charge in [-0.15, -0.1) is 12.4 Å². The van der Waals surface area contributed by atoms with Gasteiger partial charge in [0.1, 0.15) is 6.04 Å². The van der Waals surface area contributed by atoms with E-state index in [9.17, 15) is 9.59 Å². The smallest absolute Gasteiger partial charge is 0.305 e. The molecule has 6 nitrogen and oxygen atoms in total. The molecule has 0 aliphatic carbocycles. The second-order valence-electron chi connectivity index (χ2n) is 4.97. The summed E-state index contributed by atoms with van der Waals surface area (Å²) in [4.78, 5) is 22.6. The number of esters is 1. The molecule has 7 heteroatoms. The van der Waals surface area contributed by atoms with E-state index in [-0.39, 0.29) is 30.3 Å². The van der Waals surface area contributed by atoms with Crippen molar-refractivity contribution in [2.24, 2.45) is 0 Å². The van der Waals surface area contributed by atoms with E-state index < -0.39 is 0 Å². The van der Waals surface area contributed by atoms with Crippen LogP contribution >= 0.6 is 12.4 Å². The number of halogens is 1. The van der Waals surface area contributed by atoms with Gasteiger partial charge < -0.3 is 20.1 Å². The van der Waals surface area contributed by atoms with E-state index in [1.807, 2.05) is 0 Å². The number of carbonyl (C=O) groups is 2. The Balaban J connectivity index is 0.00000400. The Kier molecular flexibility index (Phi) is 12.3. The van der Waals surface area contributed by atoms with Crippen LogP contribution in [-0.4, -0.2) is 51.3 Å². The third-order valence-electron chi connectivity index (χ3n) is 3.32. The molecule has 21 heavy (non-hydrogen) atoms. The Labute approximate surface area is 132 Å². The molecule has 0 bridgehead atoms. The topological polar surface area (TPSA) is 76.7 Å². The number of methoxy groups -OCH3 is 1. The highest BCUT2D eigenvalue weighted by Crippen LogP contribution is 2.05. The van der Waals surface area contributed by atoms with Gasteiger partial charge in [0.25, 0.3) is 0 Å². The molecule has 1 aliphatic heterocycles. The highest BCUT2D eigenvalue weighted by atomic mass is 35.5. The van der Waals surface area contributed by atoms with Crippen molar-refractivity contribution in [2.75, 3.05) is 33.4 Å². The predicted octanol–water partition coefficient (Wildman–Crippen LogP) is 1.03. The van der Waals surface area contributed by atoms with Gasteiger partial charge >= 0.3 is 5.97 Å². The third-order valence-corrected chi connectivity index (χ3v) is 3.32. The maximum Gasteiger partial charge on any atom is 0.305 e. The Bertz CT molecular complexity index is 297. The normalized spacial score (nSPS) is 17.7. The molecule has 1 atom stereocenters. The zero-order chi connectivity index (χ0) is 14.6. The summed E-state index contributed by atoms with van der Waals surface area (Å²) >= 11 is 0. The zero-order valence-corrected chi connectivity index (χ0v) is 13.5. The molecule has 0 aromatic heterocycles. The van der Waals surface area contributed by atoms with E-state index in [2.05, 4.69) is 15.4 Å². The van der Waals surface area contributed by atoms with Crippen molar-refractivity contribution in [3.63, 3.8) is 0 Å². The first-order valence-electron chi connectivity index (χ1n) is 7.39. The van der Waals surface area contributed by atoms with Crippen molar-refractivity contribution in [3.8, 4) is 0 Å². The SMILES string of the molecule is COC(=O)CCCCCCCNC(=O)C1COCCN1.Cl. The predicted molar refractivity (Wildman–Crippen MR) is 82.6 cm³/mol. The van der Waals surface area contributed by atoms with E-state index in [0.717, 1.165) is 38.6 Å². The lowest BCUT2D eigenvalue weighted by Gasteiger charge is -2.22. The van der Waals surface area contributed by atoms with Crippen molar-refractivity contribution in [3.05, 3.63) is 0 Å². The summed E-state index contributed by atoms with van der Waals surface area (Å²) in [6, 6.07) is -0.205. The number of nitrogens with one attached hydrogen (secondary N) is 2. The number of amides is 1. The Hall–Kier alpha value is -0.850. The average molecular weight is 323 g/mol. The third kappa shape index (κ3) is 9.66. The molecule has 1 unspecified atom stereocenters. The molecule has 124 valence electrons. The Morgan fingerprint density at radius 2 is 1.95 bits per heavy atom. The van der Waals surface area contributed by atoms with Gasteiger partial charge in [0.05, 0.1) is 20.3 Å². The Morgan fingerprint density at radius 3 is 2.62 bits per heavy atom. The van der Waals surface area contributed by atoms with Crippen LogP contribution in [0.2, 0.25) is 0 Å². The second-order valence-corrected chi connectivity index (χ2v) is 4.97. The minimum Gasteiger partial charge on any atom is -0.469 e. The number of hydrogen-bond donors (Lipinski definition) is 2. The molecule has 2 N–H and O–H groups in total. The van der Waals surface area contributed by atoms with Crippen molar-refractivity contribution < 1.29 is 19.1 Å². The fraction of sp³-hybridized carbons (Fsp3) is 0.857. The maximum absolute atomic E-state index is 11.7. The molecule has 1 heterocycles. The monoisotopic (exact) mass is 322 g/mol. The van der Waals surface area contributed by atoms with Gasteiger partial charge in [-0.1, -0.05) is 19.3 Å². The van der Waals surface area contributed by atoms with Gasteiger partial charge in [-0.2, -0.15) is 0 Å². The molecule has 0 saturated carbocycles. The van der Waals surface area contributed by atoms with Crippen LogP contribution in [0.25, 0.3) is 0 Å². The highest BCUT2D eigenvalue weighted by Gasteiger charge is 2.20. The van der Waals surface area contributed by atoms with Crippen LogP contribution in [0.3, 0.4) is 0 Å². The molecule has 0 radical (unpaired) electrons. The van der Waals surface area contributed by atoms with Crippen molar-refractivity contribution in [1.29, 1.82) is 0 Å². The average Bonchev–Trinajstić information content (AvgIpc) is 2.50. The summed E-state index contributed by atoms with van der Waals surface area (Å²) in [5.74, 6) is -0.116. The highest BCUT2D eigenvalue weighted by molar-refractivity contribution is 5.85. The fourth-order valence-electron chi connectivity index (χ4n) is 2.10.